The molecule has 0 atom stereocenters. The van der Waals surface area contributed by atoms with Crippen molar-refractivity contribution in [2.45, 2.75) is 13.3 Å². The van der Waals surface area contributed by atoms with Crippen molar-refractivity contribution >= 4 is 12.0 Å². The topological polar surface area (TPSA) is 55.0 Å². The van der Waals surface area contributed by atoms with E-state index < -0.39 is 0 Å². The molecule has 1 N–H and O–H groups in total. The van der Waals surface area contributed by atoms with Crippen LogP contribution in [-0.2, 0) is 9.53 Å². The van der Waals surface area contributed by atoms with Crippen LogP contribution in [0, 0.1) is 0 Å². The molecule has 1 aromatic heterocycles. The number of nitrogens with zero attached hydrogens (tertiary/aromatic N) is 1. The average Bonchev–Trinajstić information content (AvgIpc) is 2.64. The van der Waals surface area contributed by atoms with Gasteiger partial charge in [-0.2, -0.15) is 0 Å². The highest BCUT2D eigenvalue weighted by Crippen LogP contribution is 1.95. The van der Waals surface area contributed by atoms with Crippen molar-refractivity contribution in [2.75, 3.05) is 6.61 Å². The summed E-state index contributed by atoms with van der Waals surface area (Å²) in [6.45, 7) is 2.41. The number of rotatable bonds is 4. The van der Waals surface area contributed by atoms with Gasteiger partial charge in [0.15, 0.2) is 0 Å². The number of carbonyl (C=O) groups excluding carboxylic acids is 1. The molecule has 1 aromatic rings. The fourth-order valence-electron chi connectivity index (χ4n) is 0.766. The number of nitrogens with one attached hydrogen (secondary N) is 1. The van der Waals surface area contributed by atoms with Crippen LogP contribution in [0.4, 0.5) is 0 Å². The Kier molecular flexibility index (Phi) is 3.75. The minimum Gasteiger partial charge on any atom is -0.463 e. The molecule has 0 fully saturated rings. The Morgan fingerprint density at radius 1 is 1.77 bits per heavy atom. The quantitative estimate of drug-likeness (QED) is 0.562. The summed E-state index contributed by atoms with van der Waals surface area (Å²) in [6.07, 6.45) is 7.03. The first-order chi connectivity index (χ1) is 6.33. The van der Waals surface area contributed by atoms with Gasteiger partial charge in [0, 0.05) is 6.08 Å². The van der Waals surface area contributed by atoms with Crippen LogP contribution in [0.5, 0.6) is 0 Å². The number of carbonyl (C=O) groups is 1. The van der Waals surface area contributed by atoms with Crippen LogP contribution in [0.3, 0.4) is 0 Å². The fraction of sp³-hybridized carbons (Fsp3) is 0.333. The third kappa shape index (κ3) is 3.55. The summed E-state index contributed by atoms with van der Waals surface area (Å²) in [5.41, 5.74) is 0.786. The van der Waals surface area contributed by atoms with Crippen molar-refractivity contribution in [3.05, 3.63) is 24.3 Å². The van der Waals surface area contributed by atoms with Gasteiger partial charge in [-0.1, -0.05) is 6.92 Å². The lowest BCUT2D eigenvalue weighted by Crippen LogP contribution is -2.00. The monoisotopic (exact) mass is 180 g/mol. The number of ether oxygens (including phenoxy) is 1. The van der Waals surface area contributed by atoms with Crippen molar-refractivity contribution in [3.63, 3.8) is 0 Å². The zero-order valence-electron chi connectivity index (χ0n) is 7.49. The van der Waals surface area contributed by atoms with E-state index in [0.717, 1.165) is 12.1 Å². The molecule has 0 bridgehead atoms. The molecule has 0 saturated heterocycles. The number of aromatic amines is 1. The minimum absolute atomic E-state index is 0.323. The molecule has 13 heavy (non-hydrogen) atoms. The summed E-state index contributed by atoms with van der Waals surface area (Å²) >= 11 is 0. The number of esters is 1. The van der Waals surface area contributed by atoms with E-state index in [-0.39, 0.29) is 5.97 Å². The van der Waals surface area contributed by atoms with Gasteiger partial charge in [0.1, 0.15) is 0 Å². The lowest BCUT2D eigenvalue weighted by Gasteiger charge is -1.96. The van der Waals surface area contributed by atoms with Crippen LogP contribution in [0.15, 0.2) is 18.6 Å². The standard InChI is InChI=1S/C9H12N2O2/c1-2-5-13-9(12)4-3-8-6-10-7-11-8/h3-4,6-7H,2,5H2,1H3,(H,10,11)/b4-3+. The minimum atomic E-state index is -0.323. The molecule has 1 heterocycles. The second kappa shape index (κ2) is 5.13. The average molecular weight is 180 g/mol. The highest BCUT2D eigenvalue weighted by Gasteiger charge is 1.94. The van der Waals surface area contributed by atoms with Gasteiger partial charge in [0.25, 0.3) is 0 Å². The predicted octanol–water partition coefficient (Wildman–Crippen LogP) is 1.38. The molecular formula is C9H12N2O2. The second-order valence-corrected chi connectivity index (χ2v) is 2.51. The van der Waals surface area contributed by atoms with E-state index in [1.54, 1.807) is 18.6 Å². The van der Waals surface area contributed by atoms with E-state index in [0.29, 0.717) is 6.61 Å². The number of H-pyrrole nitrogens is 1. The Morgan fingerprint density at radius 3 is 3.23 bits per heavy atom. The second-order valence-electron chi connectivity index (χ2n) is 2.51. The molecule has 0 aliphatic carbocycles. The molecule has 0 radical (unpaired) electrons. The summed E-state index contributed by atoms with van der Waals surface area (Å²) < 4.78 is 4.83. The van der Waals surface area contributed by atoms with Gasteiger partial charge in [-0.3, -0.25) is 0 Å². The largest absolute Gasteiger partial charge is 0.463 e. The normalized spacial score (nSPS) is 10.5. The first-order valence-corrected chi connectivity index (χ1v) is 4.16. The zero-order chi connectivity index (χ0) is 9.52. The molecule has 0 spiro atoms. The lowest BCUT2D eigenvalue weighted by atomic mass is 10.4. The van der Waals surface area contributed by atoms with Crippen LogP contribution in [0.25, 0.3) is 6.08 Å². The number of hydrogen-bond donors (Lipinski definition) is 1. The van der Waals surface area contributed by atoms with Crippen molar-refractivity contribution in [1.29, 1.82) is 0 Å². The molecule has 4 nitrogen and oxygen atoms in total. The molecule has 0 saturated carbocycles. The van der Waals surface area contributed by atoms with E-state index in [2.05, 4.69) is 9.97 Å². The van der Waals surface area contributed by atoms with Gasteiger partial charge in [-0.25, -0.2) is 9.78 Å². The van der Waals surface area contributed by atoms with Crippen LogP contribution < -0.4 is 0 Å². The Balaban J connectivity index is 2.35. The highest BCUT2D eigenvalue weighted by atomic mass is 16.5. The maximum Gasteiger partial charge on any atom is 0.330 e. The highest BCUT2D eigenvalue weighted by molar-refractivity contribution is 5.86. The van der Waals surface area contributed by atoms with Gasteiger partial charge >= 0.3 is 5.97 Å². The summed E-state index contributed by atoms with van der Waals surface area (Å²) in [5, 5.41) is 0. The lowest BCUT2D eigenvalue weighted by molar-refractivity contribution is -0.137. The van der Waals surface area contributed by atoms with Gasteiger partial charge < -0.3 is 9.72 Å². The zero-order valence-corrected chi connectivity index (χ0v) is 7.49. The summed E-state index contributed by atoms with van der Waals surface area (Å²) in [4.78, 5) is 17.6. The van der Waals surface area contributed by atoms with Gasteiger partial charge in [0.2, 0.25) is 0 Å². The molecule has 0 aromatic carbocycles. The van der Waals surface area contributed by atoms with Crippen LogP contribution in [0.2, 0.25) is 0 Å². The first-order valence-electron chi connectivity index (χ1n) is 4.16. The summed E-state index contributed by atoms with van der Waals surface area (Å²) in [5.74, 6) is -0.323. The Hall–Kier alpha value is -1.58. The van der Waals surface area contributed by atoms with Gasteiger partial charge in [-0.15, -0.1) is 0 Å². The Bertz CT molecular complexity index is 278. The molecule has 70 valence electrons. The van der Waals surface area contributed by atoms with Crippen molar-refractivity contribution in [1.82, 2.24) is 9.97 Å². The SMILES string of the molecule is CCCOC(=O)/C=C/c1cnc[nH]1. The molecule has 0 aliphatic rings. The maximum atomic E-state index is 11.0. The van der Waals surface area contributed by atoms with Crippen molar-refractivity contribution in [3.8, 4) is 0 Å². The van der Waals surface area contributed by atoms with E-state index in [1.165, 1.54) is 6.08 Å². The molecular weight excluding hydrogens is 168 g/mol. The van der Waals surface area contributed by atoms with E-state index in [1.807, 2.05) is 6.92 Å². The third-order valence-electron chi connectivity index (χ3n) is 1.37. The van der Waals surface area contributed by atoms with Crippen molar-refractivity contribution < 1.29 is 9.53 Å². The number of hydrogen-bond acceptors (Lipinski definition) is 3. The van der Waals surface area contributed by atoms with Crippen LogP contribution in [-0.4, -0.2) is 22.5 Å². The maximum absolute atomic E-state index is 11.0. The summed E-state index contributed by atoms with van der Waals surface area (Å²) in [6, 6.07) is 0. The Labute approximate surface area is 76.6 Å². The van der Waals surface area contributed by atoms with Crippen LogP contribution in [0.1, 0.15) is 19.0 Å². The number of aromatic nitrogens is 2. The molecule has 0 amide bonds. The molecule has 0 aliphatic heterocycles. The van der Waals surface area contributed by atoms with Gasteiger partial charge in [0.05, 0.1) is 24.8 Å². The first kappa shape index (κ1) is 9.51. The Morgan fingerprint density at radius 2 is 2.62 bits per heavy atom. The summed E-state index contributed by atoms with van der Waals surface area (Å²) in [7, 11) is 0. The third-order valence-corrected chi connectivity index (χ3v) is 1.37. The fourth-order valence-corrected chi connectivity index (χ4v) is 0.766. The molecule has 0 unspecified atom stereocenters. The molecule has 4 heteroatoms. The molecule has 1 rings (SSSR count). The number of imidazole rings is 1. The van der Waals surface area contributed by atoms with Gasteiger partial charge in [-0.05, 0) is 12.5 Å². The van der Waals surface area contributed by atoms with Crippen molar-refractivity contribution in [2.24, 2.45) is 0 Å². The van der Waals surface area contributed by atoms with E-state index in [9.17, 15) is 4.79 Å². The van der Waals surface area contributed by atoms with E-state index >= 15 is 0 Å². The smallest absolute Gasteiger partial charge is 0.330 e. The predicted molar refractivity (Wildman–Crippen MR) is 48.9 cm³/mol. The van der Waals surface area contributed by atoms with E-state index in [4.69, 9.17) is 4.74 Å². The van der Waals surface area contributed by atoms with Crippen LogP contribution >= 0.6 is 0 Å².